The van der Waals surface area contributed by atoms with Crippen molar-refractivity contribution in [3.8, 4) is 0 Å². The molecule has 13 heteroatoms. The van der Waals surface area contributed by atoms with Gasteiger partial charge in [0.2, 0.25) is 15.9 Å². The summed E-state index contributed by atoms with van der Waals surface area (Å²) in [6.45, 7) is 2.66. The summed E-state index contributed by atoms with van der Waals surface area (Å²) in [5.41, 5.74) is 0.0965. The maximum atomic E-state index is 12.9. The third kappa shape index (κ3) is 6.65. The van der Waals surface area contributed by atoms with Crippen molar-refractivity contribution in [2.45, 2.75) is 38.5 Å². The van der Waals surface area contributed by atoms with Crippen LogP contribution in [-0.2, 0) is 27.9 Å². The molecule has 0 atom stereocenters. The van der Waals surface area contributed by atoms with Crippen LogP contribution in [0.25, 0.3) is 0 Å². The number of hydrogen-bond donors (Lipinski definition) is 2. The average Bonchev–Trinajstić information content (AvgIpc) is 3.13. The monoisotopic (exact) mass is 498 g/mol. The normalized spacial score (nSPS) is 15.8. The van der Waals surface area contributed by atoms with E-state index in [4.69, 9.17) is 11.6 Å². The largest absolute Gasteiger partial charge is 0.388 e. The summed E-state index contributed by atoms with van der Waals surface area (Å²) >= 11 is 6.22. The molecule has 33 heavy (non-hydrogen) atoms. The predicted molar refractivity (Wildman–Crippen MR) is 122 cm³/mol. The smallest absolute Gasteiger partial charge is 0.255 e. The Hall–Kier alpha value is -2.70. The summed E-state index contributed by atoms with van der Waals surface area (Å²) in [5.74, 6) is -0.370. The SMILES string of the molecule is CC(=O)N(C)Cc1cn(CC2(O)CCN(C(=O)c3ccc(NS(C)(=O)=O)cc3Cl)CC2)nn1. The number of anilines is 1. The minimum atomic E-state index is -3.46. The van der Waals surface area contributed by atoms with Crippen LogP contribution in [0.5, 0.6) is 0 Å². The number of carbonyl (C=O) groups excluding carboxylic acids is 2. The minimum Gasteiger partial charge on any atom is -0.388 e. The molecular formula is C20H27ClN6O5S. The lowest BCUT2D eigenvalue weighted by atomic mass is 9.91. The fraction of sp³-hybridized carbons (Fsp3) is 0.500. The minimum absolute atomic E-state index is 0.0818. The van der Waals surface area contributed by atoms with E-state index in [-0.39, 0.29) is 34.6 Å². The molecule has 1 fully saturated rings. The first kappa shape index (κ1) is 24.9. The lowest BCUT2D eigenvalue weighted by molar-refractivity contribution is -0.128. The van der Waals surface area contributed by atoms with Gasteiger partial charge in [-0.1, -0.05) is 16.8 Å². The molecule has 1 aromatic carbocycles. The number of halogens is 1. The van der Waals surface area contributed by atoms with E-state index in [0.29, 0.717) is 38.2 Å². The van der Waals surface area contributed by atoms with Crippen LogP contribution in [0, 0.1) is 0 Å². The van der Waals surface area contributed by atoms with E-state index in [1.54, 1.807) is 22.8 Å². The summed E-state index contributed by atoms with van der Waals surface area (Å²) in [5, 5.41) is 19.2. The fourth-order valence-electron chi connectivity index (χ4n) is 3.56. The van der Waals surface area contributed by atoms with Crippen molar-refractivity contribution in [1.29, 1.82) is 0 Å². The highest BCUT2D eigenvalue weighted by Crippen LogP contribution is 2.28. The predicted octanol–water partition coefficient (Wildman–Crippen LogP) is 0.949. The van der Waals surface area contributed by atoms with E-state index >= 15 is 0 Å². The zero-order chi connectivity index (χ0) is 24.4. The Labute approximate surface area is 197 Å². The molecule has 1 aliphatic heterocycles. The number of carbonyl (C=O) groups is 2. The number of rotatable bonds is 7. The second kappa shape index (κ2) is 9.65. The Balaban J connectivity index is 1.59. The quantitative estimate of drug-likeness (QED) is 0.579. The average molecular weight is 499 g/mol. The molecule has 2 aromatic rings. The lowest BCUT2D eigenvalue weighted by Gasteiger charge is -2.38. The third-order valence-corrected chi connectivity index (χ3v) is 6.38. The van der Waals surface area contributed by atoms with Crippen LogP contribution in [-0.4, -0.2) is 82.1 Å². The number of aromatic nitrogens is 3. The van der Waals surface area contributed by atoms with Gasteiger partial charge in [-0.2, -0.15) is 0 Å². The number of aliphatic hydroxyl groups is 1. The van der Waals surface area contributed by atoms with Gasteiger partial charge in [0.15, 0.2) is 0 Å². The maximum Gasteiger partial charge on any atom is 0.255 e. The standard InChI is InChI=1S/C20H27ClN6O5S/c1-14(28)25(2)11-16-12-27(24-22-16)13-20(30)6-8-26(9-7-20)19(29)17-5-4-15(10-18(17)21)23-33(3,31)32/h4-5,10,12,23,30H,6-9,11,13H2,1-3H3. The molecule has 0 unspecified atom stereocenters. The molecule has 1 aliphatic rings. The molecule has 2 amide bonds. The van der Waals surface area contributed by atoms with Crippen LogP contribution in [0.15, 0.2) is 24.4 Å². The molecule has 0 bridgehead atoms. The van der Waals surface area contributed by atoms with Crippen molar-refractivity contribution in [2.75, 3.05) is 31.1 Å². The van der Waals surface area contributed by atoms with Crippen molar-refractivity contribution in [1.82, 2.24) is 24.8 Å². The molecule has 3 rings (SSSR count). The van der Waals surface area contributed by atoms with Gasteiger partial charge in [0, 0.05) is 32.7 Å². The molecule has 1 saturated heterocycles. The zero-order valence-electron chi connectivity index (χ0n) is 18.7. The van der Waals surface area contributed by atoms with E-state index in [1.807, 2.05) is 0 Å². The van der Waals surface area contributed by atoms with Gasteiger partial charge in [-0.15, -0.1) is 5.10 Å². The summed E-state index contributed by atoms with van der Waals surface area (Å²) in [6, 6.07) is 4.35. The maximum absolute atomic E-state index is 12.9. The number of piperidine rings is 1. The first-order valence-electron chi connectivity index (χ1n) is 10.2. The van der Waals surface area contributed by atoms with Crippen molar-refractivity contribution in [2.24, 2.45) is 0 Å². The van der Waals surface area contributed by atoms with E-state index in [2.05, 4.69) is 15.0 Å². The van der Waals surface area contributed by atoms with Crippen LogP contribution in [0.3, 0.4) is 0 Å². The van der Waals surface area contributed by atoms with Crippen molar-refractivity contribution in [3.63, 3.8) is 0 Å². The molecular weight excluding hydrogens is 472 g/mol. The van der Waals surface area contributed by atoms with Crippen LogP contribution >= 0.6 is 11.6 Å². The third-order valence-electron chi connectivity index (χ3n) is 5.46. The molecule has 0 spiro atoms. The fourth-order valence-corrected chi connectivity index (χ4v) is 4.38. The van der Waals surface area contributed by atoms with Crippen molar-refractivity contribution in [3.05, 3.63) is 40.7 Å². The summed E-state index contributed by atoms with van der Waals surface area (Å²) in [7, 11) is -1.79. The molecule has 180 valence electrons. The highest BCUT2D eigenvalue weighted by molar-refractivity contribution is 7.92. The molecule has 2 heterocycles. The molecule has 2 N–H and O–H groups in total. The Morgan fingerprint density at radius 1 is 1.30 bits per heavy atom. The van der Waals surface area contributed by atoms with Crippen molar-refractivity contribution < 1.29 is 23.1 Å². The van der Waals surface area contributed by atoms with Crippen LogP contribution in [0.2, 0.25) is 5.02 Å². The number of likely N-dealkylation sites (tertiary alicyclic amines) is 1. The Morgan fingerprint density at radius 3 is 2.55 bits per heavy atom. The highest BCUT2D eigenvalue weighted by atomic mass is 35.5. The van der Waals surface area contributed by atoms with Gasteiger partial charge in [-0.25, -0.2) is 13.1 Å². The molecule has 11 nitrogen and oxygen atoms in total. The number of sulfonamides is 1. The van der Waals surface area contributed by atoms with Gasteiger partial charge in [0.25, 0.3) is 5.91 Å². The summed E-state index contributed by atoms with van der Waals surface area (Å²) in [6.07, 6.45) is 3.40. The zero-order valence-corrected chi connectivity index (χ0v) is 20.2. The first-order valence-corrected chi connectivity index (χ1v) is 12.5. The van der Waals surface area contributed by atoms with E-state index in [0.717, 1.165) is 6.26 Å². The lowest BCUT2D eigenvalue weighted by Crippen LogP contribution is -2.48. The summed E-state index contributed by atoms with van der Waals surface area (Å²) in [4.78, 5) is 27.4. The van der Waals surface area contributed by atoms with Crippen LogP contribution in [0.4, 0.5) is 5.69 Å². The summed E-state index contributed by atoms with van der Waals surface area (Å²) < 4.78 is 26.6. The van der Waals surface area contributed by atoms with E-state index in [1.165, 1.54) is 30.0 Å². The van der Waals surface area contributed by atoms with Crippen molar-refractivity contribution >= 4 is 39.1 Å². The number of nitrogens with zero attached hydrogens (tertiary/aromatic N) is 5. The second-order valence-corrected chi connectivity index (χ2v) is 10.5. The van der Waals surface area contributed by atoms with Gasteiger partial charge in [0.1, 0.15) is 5.69 Å². The van der Waals surface area contributed by atoms with Gasteiger partial charge in [-0.05, 0) is 31.0 Å². The van der Waals surface area contributed by atoms with Gasteiger partial charge >= 0.3 is 0 Å². The Kier molecular flexibility index (Phi) is 7.29. The topological polar surface area (TPSA) is 138 Å². The van der Waals surface area contributed by atoms with Gasteiger partial charge in [-0.3, -0.25) is 14.3 Å². The highest BCUT2D eigenvalue weighted by Gasteiger charge is 2.35. The number of amides is 2. The Bertz CT molecular complexity index is 1140. The molecule has 0 radical (unpaired) electrons. The second-order valence-electron chi connectivity index (χ2n) is 8.37. The molecule has 1 aromatic heterocycles. The first-order chi connectivity index (χ1) is 15.3. The number of benzene rings is 1. The number of nitrogens with one attached hydrogen (secondary N) is 1. The molecule has 0 aliphatic carbocycles. The van der Waals surface area contributed by atoms with Gasteiger partial charge < -0.3 is 14.9 Å². The van der Waals surface area contributed by atoms with Crippen LogP contribution < -0.4 is 4.72 Å². The van der Waals surface area contributed by atoms with Crippen LogP contribution in [0.1, 0.15) is 35.8 Å². The molecule has 0 saturated carbocycles. The number of hydrogen-bond acceptors (Lipinski definition) is 7. The van der Waals surface area contributed by atoms with Gasteiger partial charge in [0.05, 0.1) is 41.7 Å². The Morgan fingerprint density at radius 2 is 1.97 bits per heavy atom. The van der Waals surface area contributed by atoms with E-state index < -0.39 is 15.6 Å². The van der Waals surface area contributed by atoms with E-state index in [9.17, 15) is 23.1 Å².